The zero-order valence-corrected chi connectivity index (χ0v) is 12.0. The van der Waals surface area contributed by atoms with Gasteiger partial charge in [-0.3, -0.25) is 0 Å². The fraction of sp³-hybridized carbons (Fsp3) is 0.250. The molecule has 20 heavy (non-hydrogen) atoms. The molecule has 2 aromatic rings. The van der Waals surface area contributed by atoms with Crippen molar-refractivity contribution in [1.29, 1.82) is 0 Å². The van der Waals surface area contributed by atoms with Gasteiger partial charge in [-0.05, 0) is 42.2 Å². The lowest BCUT2D eigenvalue weighted by atomic mass is 9.99. The fourth-order valence-corrected chi connectivity index (χ4v) is 2.33. The number of nitrogens with two attached hydrogens (primary N) is 1. The Labute approximate surface area is 123 Å². The molecule has 0 aliphatic heterocycles. The highest BCUT2D eigenvalue weighted by Crippen LogP contribution is 2.21. The van der Waals surface area contributed by atoms with Crippen LogP contribution in [-0.2, 0) is 12.8 Å². The van der Waals surface area contributed by atoms with Gasteiger partial charge < -0.3 is 10.5 Å². The van der Waals surface area contributed by atoms with Gasteiger partial charge in [0.15, 0.2) is 0 Å². The van der Waals surface area contributed by atoms with E-state index in [2.05, 4.69) is 0 Å². The number of benzene rings is 2. The summed E-state index contributed by atoms with van der Waals surface area (Å²) in [4.78, 5) is 0. The molecule has 1 unspecified atom stereocenters. The predicted molar refractivity (Wildman–Crippen MR) is 79.8 cm³/mol. The van der Waals surface area contributed by atoms with Crippen molar-refractivity contribution >= 4 is 11.6 Å². The van der Waals surface area contributed by atoms with Crippen LogP contribution in [0.4, 0.5) is 4.39 Å². The number of ether oxygens (including phenoxy) is 1. The zero-order chi connectivity index (χ0) is 14.5. The first-order chi connectivity index (χ1) is 9.60. The monoisotopic (exact) mass is 293 g/mol. The summed E-state index contributed by atoms with van der Waals surface area (Å²) < 4.78 is 18.5. The van der Waals surface area contributed by atoms with Crippen molar-refractivity contribution in [3.63, 3.8) is 0 Å². The smallest absolute Gasteiger partial charge is 0.142 e. The van der Waals surface area contributed by atoms with Crippen LogP contribution in [0.3, 0.4) is 0 Å². The Hall–Kier alpha value is -1.58. The van der Waals surface area contributed by atoms with E-state index in [0.717, 1.165) is 16.9 Å². The zero-order valence-electron chi connectivity index (χ0n) is 11.3. The van der Waals surface area contributed by atoms with Crippen LogP contribution < -0.4 is 10.5 Å². The molecule has 0 saturated heterocycles. The molecule has 0 fully saturated rings. The van der Waals surface area contributed by atoms with Crippen molar-refractivity contribution in [3.8, 4) is 5.75 Å². The van der Waals surface area contributed by atoms with Crippen molar-refractivity contribution in [2.24, 2.45) is 5.73 Å². The van der Waals surface area contributed by atoms with E-state index in [9.17, 15) is 4.39 Å². The summed E-state index contributed by atoms with van der Waals surface area (Å²) >= 11 is 5.93. The number of rotatable bonds is 5. The van der Waals surface area contributed by atoms with E-state index in [-0.39, 0.29) is 11.1 Å². The second-order valence-electron chi connectivity index (χ2n) is 4.73. The second-order valence-corrected chi connectivity index (χ2v) is 5.11. The Bertz CT molecular complexity index is 571. The Balaban J connectivity index is 2.01. The molecule has 0 heterocycles. The van der Waals surface area contributed by atoms with E-state index in [0.29, 0.717) is 12.8 Å². The number of halogens is 2. The molecular formula is C16H17ClFNO. The lowest BCUT2D eigenvalue weighted by Crippen LogP contribution is -2.25. The Morgan fingerprint density at radius 1 is 1.15 bits per heavy atom. The maximum atomic E-state index is 13.4. The van der Waals surface area contributed by atoms with E-state index in [4.69, 9.17) is 22.1 Å². The van der Waals surface area contributed by atoms with Crippen LogP contribution in [0.25, 0.3) is 0 Å². The maximum absolute atomic E-state index is 13.4. The highest BCUT2D eigenvalue weighted by atomic mass is 35.5. The first-order valence-electron chi connectivity index (χ1n) is 6.41. The van der Waals surface area contributed by atoms with Gasteiger partial charge in [0.25, 0.3) is 0 Å². The van der Waals surface area contributed by atoms with Crippen LogP contribution >= 0.6 is 11.6 Å². The highest BCUT2D eigenvalue weighted by molar-refractivity contribution is 6.31. The van der Waals surface area contributed by atoms with Gasteiger partial charge in [0.05, 0.1) is 12.1 Å². The third-order valence-corrected chi connectivity index (χ3v) is 3.59. The van der Waals surface area contributed by atoms with Crippen molar-refractivity contribution < 1.29 is 9.13 Å². The summed E-state index contributed by atoms with van der Waals surface area (Å²) in [7, 11) is 1.63. The first kappa shape index (κ1) is 14.8. The fourth-order valence-electron chi connectivity index (χ4n) is 2.13. The third kappa shape index (κ3) is 3.71. The van der Waals surface area contributed by atoms with Crippen LogP contribution in [0.2, 0.25) is 5.02 Å². The van der Waals surface area contributed by atoms with Gasteiger partial charge in [-0.25, -0.2) is 4.39 Å². The topological polar surface area (TPSA) is 35.2 Å². The van der Waals surface area contributed by atoms with Gasteiger partial charge in [0, 0.05) is 6.04 Å². The van der Waals surface area contributed by atoms with E-state index in [1.165, 1.54) is 6.07 Å². The van der Waals surface area contributed by atoms with Crippen molar-refractivity contribution in [3.05, 3.63) is 64.4 Å². The molecule has 0 saturated carbocycles. The minimum absolute atomic E-state index is 0.109. The van der Waals surface area contributed by atoms with Crippen molar-refractivity contribution in [1.82, 2.24) is 0 Å². The Kier molecular flexibility index (Phi) is 4.99. The van der Waals surface area contributed by atoms with Crippen molar-refractivity contribution in [2.45, 2.75) is 18.9 Å². The largest absolute Gasteiger partial charge is 0.497 e. The lowest BCUT2D eigenvalue weighted by Gasteiger charge is -2.13. The minimum Gasteiger partial charge on any atom is -0.497 e. The molecule has 0 radical (unpaired) electrons. The summed E-state index contributed by atoms with van der Waals surface area (Å²) in [6, 6.07) is 12.4. The average Bonchev–Trinajstić information content (AvgIpc) is 2.45. The highest BCUT2D eigenvalue weighted by Gasteiger charge is 2.11. The molecule has 0 aromatic heterocycles. The van der Waals surface area contributed by atoms with E-state index in [1.54, 1.807) is 19.2 Å². The molecule has 2 nitrogen and oxygen atoms in total. The average molecular weight is 294 g/mol. The van der Waals surface area contributed by atoms with Gasteiger partial charge in [-0.1, -0.05) is 35.9 Å². The molecule has 2 rings (SSSR count). The quantitative estimate of drug-likeness (QED) is 0.914. The first-order valence-corrected chi connectivity index (χ1v) is 6.79. The standard InChI is InChI=1S/C16H17ClFNO/c1-20-14-7-5-11(6-8-14)9-13(19)10-12-3-2-4-15(18)16(12)17/h2-8,13H,9-10,19H2,1H3. The molecule has 0 bridgehead atoms. The second kappa shape index (κ2) is 6.73. The molecule has 0 amide bonds. The summed E-state index contributed by atoms with van der Waals surface area (Å²) in [5.74, 6) is 0.413. The molecular weight excluding hydrogens is 277 g/mol. The maximum Gasteiger partial charge on any atom is 0.142 e. The molecule has 0 aliphatic rings. The van der Waals surface area contributed by atoms with Crippen LogP contribution in [0.15, 0.2) is 42.5 Å². The summed E-state index contributed by atoms with van der Waals surface area (Å²) in [6.07, 6.45) is 1.25. The van der Waals surface area contributed by atoms with Crippen LogP contribution in [0, 0.1) is 5.82 Å². The summed E-state index contributed by atoms with van der Waals surface area (Å²) in [5, 5.41) is 0.165. The van der Waals surface area contributed by atoms with Crippen LogP contribution in [0.5, 0.6) is 5.75 Å². The Morgan fingerprint density at radius 2 is 1.85 bits per heavy atom. The van der Waals surface area contributed by atoms with Crippen LogP contribution in [-0.4, -0.2) is 13.2 Å². The van der Waals surface area contributed by atoms with E-state index in [1.807, 2.05) is 24.3 Å². The number of methoxy groups -OCH3 is 1. The number of hydrogen-bond acceptors (Lipinski definition) is 2. The summed E-state index contributed by atoms with van der Waals surface area (Å²) in [6.45, 7) is 0. The molecule has 4 heteroatoms. The van der Waals surface area contributed by atoms with E-state index >= 15 is 0 Å². The summed E-state index contributed by atoms with van der Waals surface area (Å²) in [5.41, 5.74) is 7.97. The molecule has 1 atom stereocenters. The third-order valence-electron chi connectivity index (χ3n) is 3.17. The SMILES string of the molecule is COc1ccc(CC(N)Cc2cccc(F)c2Cl)cc1. The van der Waals surface area contributed by atoms with Gasteiger partial charge in [-0.2, -0.15) is 0 Å². The van der Waals surface area contributed by atoms with E-state index < -0.39 is 5.82 Å². The van der Waals surface area contributed by atoms with Crippen LogP contribution in [0.1, 0.15) is 11.1 Å². The van der Waals surface area contributed by atoms with Crippen molar-refractivity contribution in [2.75, 3.05) is 7.11 Å². The molecule has 0 spiro atoms. The Morgan fingerprint density at radius 3 is 2.50 bits per heavy atom. The molecule has 0 aliphatic carbocycles. The van der Waals surface area contributed by atoms with Gasteiger partial charge in [-0.15, -0.1) is 0 Å². The normalized spacial score (nSPS) is 12.2. The molecule has 2 aromatic carbocycles. The van der Waals surface area contributed by atoms with Gasteiger partial charge >= 0.3 is 0 Å². The predicted octanol–water partition coefficient (Wildman–Crippen LogP) is 3.60. The molecule has 106 valence electrons. The minimum atomic E-state index is -0.402. The van der Waals surface area contributed by atoms with Gasteiger partial charge in [0.1, 0.15) is 11.6 Å². The lowest BCUT2D eigenvalue weighted by molar-refractivity contribution is 0.414. The van der Waals surface area contributed by atoms with Gasteiger partial charge in [0.2, 0.25) is 0 Å². The molecule has 2 N–H and O–H groups in total. The number of hydrogen-bond donors (Lipinski definition) is 1.